The highest BCUT2D eigenvalue weighted by atomic mass is 16.2. The zero-order valence-electron chi connectivity index (χ0n) is 9.21. The van der Waals surface area contributed by atoms with Crippen LogP contribution in [-0.4, -0.2) is 24.0 Å². The third kappa shape index (κ3) is 5.64. The van der Waals surface area contributed by atoms with Crippen molar-refractivity contribution in [2.45, 2.75) is 34.1 Å². The van der Waals surface area contributed by atoms with Crippen molar-refractivity contribution >= 4 is 5.91 Å². The molecule has 3 nitrogen and oxygen atoms in total. The lowest BCUT2D eigenvalue weighted by Gasteiger charge is -2.23. The maximum atomic E-state index is 11.6. The lowest BCUT2D eigenvalue weighted by Crippen LogP contribution is -2.39. The van der Waals surface area contributed by atoms with E-state index < -0.39 is 0 Å². The van der Waals surface area contributed by atoms with Crippen LogP contribution in [0.3, 0.4) is 0 Å². The summed E-state index contributed by atoms with van der Waals surface area (Å²) in [6.07, 6.45) is 0.601. The molecule has 2 N–H and O–H groups in total. The van der Waals surface area contributed by atoms with E-state index in [2.05, 4.69) is 13.8 Å². The van der Waals surface area contributed by atoms with Gasteiger partial charge in [-0.05, 0) is 11.8 Å². The van der Waals surface area contributed by atoms with Crippen molar-refractivity contribution in [3.05, 3.63) is 0 Å². The normalized spacial score (nSPS) is 11.0. The number of nitrogens with two attached hydrogens (primary N) is 1. The molecule has 0 radical (unpaired) electrons. The first-order chi connectivity index (χ1) is 5.97. The molecule has 3 heteroatoms. The average molecular weight is 186 g/mol. The number of hydrogen-bond acceptors (Lipinski definition) is 2. The Bertz CT molecular complexity index is 155. The minimum absolute atomic E-state index is 0.172. The number of carbonyl (C=O) groups excluding carboxylic acids is 1. The molecule has 0 aromatic carbocycles. The predicted octanol–water partition coefficient (Wildman–Crippen LogP) is 1.43. The average Bonchev–Trinajstić information content (AvgIpc) is 1.98. The molecule has 0 fully saturated rings. The highest BCUT2D eigenvalue weighted by molar-refractivity contribution is 5.76. The molecule has 0 aliphatic rings. The molecule has 1 amide bonds. The van der Waals surface area contributed by atoms with Gasteiger partial charge in [-0.15, -0.1) is 0 Å². The van der Waals surface area contributed by atoms with Crippen molar-refractivity contribution in [3.8, 4) is 0 Å². The van der Waals surface area contributed by atoms with E-state index >= 15 is 0 Å². The monoisotopic (exact) mass is 186 g/mol. The van der Waals surface area contributed by atoms with E-state index in [1.807, 2.05) is 13.8 Å². The Labute approximate surface area is 81.3 Å². The molecular formula is C10H22N2O. The first-order valence-electron chi connectivity index (χ1n) is 4.95. The number of rotatable bonds is 5. The highest BCUT2D eigenvalue weighted by Gasteiger charge is 2.13. The SMILES string of the molecule is CC(C)CC(=O)N(CN)CC(C)C. The molecule has 0 aromatic rings. The Morgan fingerprint density at radius 1 is 1.23 bits per heavy atom. The van der Waals surface area contributed by atoms with Gasteiger partial charge < -0.3 is 10.6 Å². The number of nitrogens with zero attached hydrogens (tertiary/aromatic N) is 1. The van der Waals surface area contributed by atoms with E-state index in [4.69, 9.17) is 5.73 Å². The van der Waals surface area contributed by atoms with E-state index in [0.717, 1.165) is 6.54 Å². The zero-order valence-corrected chi connectivity index (χ0v) is 9.21. The molecule has 0 bridgehead atoms. The standard InChI is InChI=1S/C10H22N2O/c1-8(2)5-10(13)12(7-11)6-9(3)4/h8-9H,5-7,11H2,1-4H3. The topological polar surface area (TPSA) is 46.3 Å². The molecule has 0 saturated carbocycles. The van der Waals surface area contributed by atoms with E-state index in [1.165, 1.54) is 0 Å². The maximum Gasteiger partial charge on any atom is 0.223 e. The molecular weight excluding hydrogens is 164 g/mol. The molecule has 0 rings (SSSR count). The smallest absolute Gasteiger partial charge is 0.223 e. The second-order valence-corrected chi connectivity index (χ2v) is 4.29. The largest absolute Gasteiger partial charge is 0.330 e. The summed E-state index contributed by atoms with van der Waals surface area (Å²) in [6.45, 7) is 9.37. The van der Waals surface area contributed by atoms with Crippen molar-refractivity contribution in [3.63, 3.8) is 0 Å². The first-order valence-corrected chi connectivity index (χ1v) is 4.95. The second kappa shape index (κ2) is 5.97. The van der Waals surface area contributed by atoms with Crippen molar-refractivity contribution in [1.82, 2.24) is 4.90 Å². The van der Waals surface area contributed by atoms with Gasteiger partial charge in [-0.3, -0.25) is 4.79 Å². The maximum absolute atomic E-state index is 11.6. The lowest BCUT2D eigenvalue weighted by molar-refractivity contribution is -0.132. The summed E-state index contributed by atoms with van der Waals surface area (Å²) in [5.74, 6) is 1.07. The van der Waals surface area contributed by atoms with Gasteiger partial charge in [0, 0.05) is 13.0 Å². The summed E-state index contributed by atoms with van der Waals surface area (Å²) in [4.78, 5) is 13.3. The Morgan fingerprint density at radius 3 is 2.08 bits per heavy atom. The van der Waals surface area contributed by atoms with Crippen molar-refractivity contribution < 1.29 is 4.79 Å². The van der Waals surface area contributed by atoms with Gasteiger partial charge in [-0.2, -0.15) is 0 Å². The van der Waals surface area contributed by atoms with E-state index in [0.29, 0.717) is 24.9 Å². The van der Waals surface area contributed by atoms with Crippen LogP contribution in [0, 0.1) is 11.8 Å². The Kier molecular flexibility index (Phi) is 5.71. The van der Waals surface area contributed by atoms with Crippen LogP contribution in [0.4, 0.5) is 0 Å². The van der Waals surface area contributed by atoms with Gasteiger partial charge >= 0.3 is 0 Å². The summed E-state index contributed by atoms with van der Waals surface area (Å²) in [5, 5.41) is 0. The molecule has 13 heavy (non-hydrogen) atoms. The molecule has 0 unspecified atom stereocenters. The van der Waals surface area contributed by atoms with Gasteiger partial charge in [0.1, 0.15) is 0 Å². The first kappa shape index (κ1) is 12.4. The zero-order chi connectivity index (χ0) is 10.4. The predicted molar refractivity (Wildman–Crippen MR) is 55.1 cm³/mol. The fourth-order valence-electron chi connectivity index (χ4n) is 1.20. The molecule has 0 heterocycles. The summed E-state index contributed by atoms with van der Waals surface area (Å²) in [7, 11) is 0. The number of amides is 1. The van der Waals surface area contributed by atoms with E-state index in [1.54, 1.807) is 4.90 Å². The molecule has 0 atom stereocenters. The summed E-state index contributed by atoms with van der Waals surface area (Å²) < 4.78 is 0. The highest BCUT2D eigenvalue weighted by Crippen LogP contribution is 2.05. The third-order valence-electron chi connectivity index (χ3n) is 1.74. The quantitative estimate of drug-likeness (QED) is 0.660. The van der Waals surface area contributed by atoms with Crippen LogP contribution in [0.25, 0.3) is 0 Å². The minimum atomic E-state index is 0.172. The van der Waals surface area contributed by atoms with Crippen molar-refractivity contribution in [2.75, 3.05) is 13.2 Å². The van der Waals surface area contributed by atoms with Crippen LogP contribution in [0.1, 0.15) is 34.1 Å². The summed E-state index contributed by atoms with van der Waals surface area (Å²) in [6, 6.07) is 0. The number of hydrogen-bond donors (Lipinski definition) is 1. The fraction of sp³-hybridized carbons (Fsp3) is 0.900. The van der Waals surface area contributed by atoms with Gasteiger partial charge in [0.05, 0.1) is 6.67 Å². The Morgan fingerprint density at radius 2 is 1.77 bits per heavy atom. The summed E-state index contributed by atoms with van der Waals surface area (Å²) in [5.41, 5.74) is 5.50. The van der Waals surface area contributed by atoms with E-state index in [-0.39, 0.29) is 5.91 Å². The minimum Gasteiger partial charge on any atom is -0.330 e. The Balaban J connectivity index is 3.99. The molecule has 0 saturated heterocycles. The molecule has 78 valence electrons. The second-order valence-electron chi connectivity index (χ2n) is 4.29. The van der Waals surface area contributed by atoms with Gasteiger partial charge in [0.25, 0.3) is 0 Å². The number of carbonyl (C=O) groups is 1. The third-order valence-corrected chi connectivity index (χ3v) is 1.74. The van der Waals surface area contributed by atoms with Crippen molar-refractivity contribution in [1.29, 1.82) is 0 Å². The molecule has 0 aliphatic heterocycles. The van der Waals surface area contributed by atoms with Crippen LogP contribution < -0.4 is 5.73 Å². The van der Waals surface area contributed by atoms with Crippen LogP contribution in [0.15, 0.2) is 0 Å². The fourth-order valence-corrected chi connectivity index (χ4v) is 1.20. The molecule has 0 aromatic heterocycles. The van der Waals surface area contributed by atoms with Crippen LogP contribution in [0.2, 0.25) is 0 Å². The van der Waals surface area contributed by atoms with Crippen LogP contribution in [-0.2, 0) is 4.79 Å². The van der Waals surface area contributed by atoms with E-state index in [9.17, 15) is 4.79 Å². The lowest BCUT2D eigenvalue weighted by atomic mass is 10.1. The van der Waals surface area contributed by atoms with Gasteiger partial charge in [0.2, 0.25) is 5.91 Å². The van der Waals surface area contributed by atoms with Crippen LogP contribution >= 0.6 is 0 Å². The summed E-state index contributed by atoms with van der Waals surface area (Å²) >= 11 is 0. The Hall–Kier alpha value is -0.570. The molecule has 0 spiro atoms. The van der Waals surface area contributed by atoms with Gasteiger partial charge in [-0.25, -0.2) is 0 Å². The van der Waals surface area contributed by atoms with Gasteiger partial charge in [-0.1, -0.05) is 27.7 Å². The van der Waals surface area contributed by atoms with Gasteiger partial charge in [0.15, 0.2) is 0 Å². The molecule has 0 aliphatic carbocycles. The van der Waals surface area contributed by atoms with Crippen LogP contribution in [0.5, 0.6) is 0 Å². The van der Waals surface area contributed by atoms with Crippen molar-refractivity contribution in [2.24, 2.45) is 17.6 Å².